The van der Waals surface area contributed by atoms with Crippen LogP contribution in [0.5, 0.6) is 0 Å². The molecule has 0 saturated heterocycles. The average Bonchev–Trinajstić information content (AvgIpc) is 2.42. The lowest BCUT2D eigenvalue weighted by Crippen LogP contribution is -2.20. The standard InChI is InChI=1S/C16H27NO3S/c1-6-9-10-13(15(18)19-7-2)11-12-14(17(4)5)16(21)20-8-3/h11-12H,6-10H2,1-5H3. The van der Waals surface area contributed by atoms with Crippen molar-refractivity contribution < 1.29 is 14.3 Å². The molecule has 0 saturated carbocycles. The van der Waals surface area contributed by atoms with Crippen molar-refractivity contribution in [2.24, 2.45) is 0 Å². The van der Waals surface area contributed by atoms with E-state index in [1.807, 2.05) is 32.0 Å². The van der Waals surface area contributed by atoms with E-state index < -0.39 is 0 Å². The van der Waals surface area contributed by atoms with Gasteiger partial charge in [0.05, 0.1) is 18.9 Å². The highest BCUT2D eigenvalue weighted by molar-refractivity contribution is 7.80. The van der Waals surface area contributed by atoms with Crippen LogP contribution in [0.3, 0.4) is 0 Å². The summed E-state index contributed by atoms with van der Waals surface area (Å²) in [6.45, 7) is 6.69. The molecule has 0 aliphatic rings. The van der Waals surface area contributed by atoms with Crippen LogP contribution in [0, 0.1) is 0 Å². The van der Waals surface area contributed by atoms with Crippen LogP contribution >= 0.6 is 12.2 Å². The maximum absolute atomic E-state index is 11.9. The monoisotopic (exact) mass is 313 g/mol. The highest BCUT2D eigenvalue weighted by Crippen LogP contribution is 2.12. The van der Waals surface area contributed by atoms with Gasteiger partial charge in [0.1, 0.15) is 0 Å². The Hall–Kier alpha value is -1.36. The maximum Gasteiger partial charge on any atom is 0.333 e. The topological polar surface area (TPSA) is 38.8 Å². The smallest absolute Gasteiger partial charge is 0.333 e. The first-order valence-corrected chi connectivity index (χ1v) is 7.81. The van der Waals surface area contributed by atoms with Crippen molar-refractivity contribution in [1.82, 2.24) is 4.90 Å². The first kappa shape index (κ1) is 19.6. The summed E-state index contributed by atoms with van der Waals surface area (Å²) < 4.78 is 10.5. The van der Waals surface area contributed by atoms with E-state index >= 15 is 0 Å². The van der Waals surface area contributed by atoms with Crippen molar-refractivity contribution in [1.29, 1.82) is 0 Å². The molecule has 5 heteroatoms. The van der Waals surface area contributed by atoms with Crippen molar-refractivity contribution >= 4 is 23.2 Å². The molecule has 0 atom stereocenters. The second-order valence-corrected chi connectivity index (χ2v) is 5.05. The van der Waals surface area contributed by atoms with Gasteiger partial charge in [-0.1, -0.05) is 13.3 Å². The normalized spacial score (nSPS) is 12.0. The third-order valence-electron chi connectivity index (χ3n) is 2.75. The van der Waals surface area contributed by atoms with E-state index in [-0.39, 0.29) is 5.97 Å². The van der Waals surface area contributed by atoms with Crippen molar-refractivity contribution in [2.45, 2.75) is 40.0 Å². The molecule has 4 nitrogen and oxygen atoms in total. The molecule has 0 aromatic carbocycles. The molecule has 0 N–H and O–H groups in total. The van der Waals surface area contributed by atoms with E-state index in [0.29, 0.717) is 30.3 Å². The number of allylic oxidation sites excluding steroid dienone is 2. The zero-order valence-electron chi connectivity index (χ0n) is 13.8. The number of nitrogens with zero attached hydrogens (tertiary/aromatic N) is 1. The van der Waals surface area contributed by atoms with Crippen molar-refractivity contribution in [3.05, 3.63) is 23.4 Å². The first-order chi connectivity index (χ1) is 9.97. The predicted octanol–water partition coefficient (Wildman–Crippen LogP) is 3.48. The number of thiocarbonyl (C=S) groups is 1. The zero-order chi connectivity index (χ0) is 16.3. The maximum atomic E-state index is 11.9. The lowest BCUT2D eigenvalue weighted by atomic mass is 10.1. The molecular formula is C16H27NO3S. The Bertz CT molecular complexity index is 400. The fourth-order valence-corrected chi connectivity index (χ4v) is 2.00. The molecule has 0 aromatic rings. The molecule has 0 fully saturated rings. The molecule has 21 heavy (non-hydrogen) atoms. The van der Waals surface area contributed by atoms with Gasteiger partial charge in [0.2, 0.25) is 5.05 Å². The molecule has 120 valence electrons. The summed E-state index contributed by atoms with van der Waals surface area (Å²) in [6.07, 6.45) is 6.28. The molecular weight excluding hydrogens is 286 g/mol. The summed E-state index contributed by atoms with van der Waals surface area (Å²) >= 11 is 5.23. The van der Waals surface area contributed by atoms with Crippen LogP contribution in [0.4, 0.5) is 0 Å². The number of carbonyl (C=O) groups is 1. The van der Waals surface area contributed by atoms with Crippen LogP contribution in [0.25, 0.3) is 0 Å². The number of likely N-dealkylation sites (N-methyl/N-ethyl adjacent to an activating group) is 1. The van der Waals surface area contributed by atoms with Crippen LogP contribution < -0.4 is 0 Å². The number of unbranched alkanes of at least 4 members (excludes halogenated alkanes) is 1. The largest absolute Gasteiger partial charge is 0.482 e. The number of hydrogen-bond acceptors (Lipinski definition) is 5. The predicted molar refractivity (Wildman–Crippen MR) is 90.2 cm³/mol. The van der Waals surface area contributed by atoms with Gasteiger partial charge in [0.25, 0.3) is 0 Å². The van der Waals surface area contributed by atoms with E-state index in [2.05, 4.69) is 6.92 Å². The zero-order valence-corrected chi connectivity index (χ0v) is 14.6. The number of esters is 1. The van der Waals surface area contributed by atoms with Gasteiger partial charge in [-0.2, -0.15) is 0 Å². The third kappa shape index (κ3) is 7.85. The molecule has 0 aromatic heterocycles. The Balaban J connectivity index is 5.23. The molecule has 0 radical (unpaired) electrons. The minimum absolute atomic E-state index is 0.261. The van der Waals surface area contributed by atoms with Crippen LogP contribution in [0.2, 0.25) is 0 Å². The fraction of sp³-hybridized carbons (Fsp3) is 0.625. The number of carbonyl (C=O) groups excluding carboxylic acids is 1. The van der Waals surface area contributed by atoms with E-state index in [1.54, 1.807) is 13.0 Å². The minimum Gasteiger partial charge on any atom is -0.482 e. The fourth-order valence-electron chi connectivity index (χ4n) is 1.63. The number of ether oxygens (including phenoxy) is 2. The van der Waals surface area contributed by atoms with Gasteiger partial charge in [-0.3, -0.25) is 0 Å². The second kappa shape index (κ2) is 11.3. The highest BCUT2D eigenvalue weighted by Gasteiger charge is 2.11. The summed E-state index contributed by atoms with van der Waals surface area (Å²) in [5, 5.41) is 0.428. The van der Waals surface area contributed by atoms with Crippen molar-refractivity contribution in [2.75, 3.05) is 27.3 Å². The molecule has 0 rings (SSSR count). The molecule has 0 bridgehead atoms. The Morgan fingerprint density at radius 3 is 2.19 bits per heavy atom. The summed E-state index contributed by atoms with van der Waals surface area (Å²) in [4.78, 5) is 13.8. The molecule has 0 unspecified atom stereocenters. The van der Waals surface area contributed by atoms with Gasteiger partial charge in [-0.15, -0.1) is 0 Å². The Kier molecular flexibility index (Phi) is 10.6. The Labute approximate surface area is 133 Å². The number of hydrogen-bond donors (Lipinski definition) is 0. The molecule has 0 aliphatic carbocycles. The second-order valence-electron chi connectivity index (χ2n) is 4.68. The Morgan fingerprint density at radius 1 is 1.10 bits per heavy atom. The van der Waals surface area contributed by atoms with Gasteiger partial charge in [0, 0.05) is 19.7 Å². The SMILES string of the molecule is CCCCC(=CC=C(C(=S)OCC)N(C)C)C(=O)OCC. The van der Waals surface area contributed by atoms with Crippen LogP contribution in [0.1, 0.15) is 40.0 Å². The lowest BCUT2D eigenvalue weighted by Gasteiger charge is -2.17. The third-order valence-corrected chi connectivity index (χ3v) is 3.07. The summed E-state index contributed by atoms with van der Waals surface area (Å²) in [5.41, 5.74) is 1.43. The summed E-state index contributed by atoms with van der Waals surface area (Å²) in [5.74, 6) is -0.261. The minimum atomic E-state index is -0.261. The average molecular weight is 313 g/mol. The van der Waals surface area contributed by atoms with Gasteiger partial charge < -0.3 is 14.4 Å². The highest BCUT2D eigenvalue weighted by atomic mass is 32.1. The van der Waals surface area contributed by atoms with Crippen LogP contribution in [0.15, 0.2) is 23.4 Å². The summed E-state index contributed by atoms with van der Waals surface area (Å²) in [7, 11) is 3.78. The summed E-state index contributed by atoms with van der Waals surface area (Å²) in [6, 6.07) is 0. The quantitative estimate of drug-likeness (QED) is 0.282. The first-order valence-electron chi connectivity index (χ1n) is 7.40. The van der Waals surface area contributed by atoms with Gasteiger partial charge in [-0.25, -0.2) is 4.79 Å². The van der Waals surface area contributed by atoms with Gasteiger partial charge in [0.15, 0.2) is 0 Å². The van der Waals surface area contributed by atoms with E-state index in [0.717, 1.165) is 18.5 Å². The molecule has 0 amide bonds. The molecule has 0 aliphatic heterocycles. The van der Waals surface area contributed by atoms with Crippen molar-refractivity contribution in [3.8, 4) is 0 Å². The van der Waals surface area contributed by atoms with E-state index in [9.17, 15) is 4.79 Å². The lowest BCUT2D eigenvalue weighted by molar-refractivity contribution is -0.138. The van der Waals surface area contributed by atoms with E-state index in [4.69, 9.17) is 21.7 Å². The Morgan fingerprint density at radius 2 is 1.71 bits per heavy atom. The van der Waals surface area contributed by atoms with Crippen LogP contribution in [-0.4, -0.2) is 43.2 Å². The number of rotatable bonds is 9. The van der Waals surface area contributed by atoms with Crippen LogP contribution in [-0.2, 0) is 14.3 Å². The van der Waals surface area contributed by atoms with Crippen molar-refractivity contribution in [3.63, 3.8) is 0 Å². The van der Waals surface area contributed by atoms with E-state index in [1.165, 1.54) is 0 Å². The molecule has 0 spiro atoms. The van der Waals surface area contributed by atoms with Gasteiger partial charge >= 0.3 is 5.97 Å². The van der Waals surface area contributed by atoms with Gasteiger partial charge in [-0.05, 0) is 51.1 Å². The molecule has 0 heterocycles.